The van der Waals surface area contributed by atoms with Gasteiger partial charge in [-0.2, -0.15) is 0 Å². The van der Waals surface area contributed by atoms with Gasteiger partial charge in [0.2, 0.25) is 5.91 Å². The Morgan fingerprint density at radius 1 is 1.15 bits per heavy atom. The number of ether oxygens (including phenoxy) is 1. The number of hydrogen-bond donors (Lipinski definition) is 2. The fourth-order valence-electron chi connectivity index (χ4n) is 3.09. The van der Waals surface area contributed by atoms with Crippen molar-refractivity contribution < 1.29 is 14.3 Å². The van der Waals surface area contributed by atoms with Crippen LogP contribution in [0.1, 0.15) is 17.5 Å². The monoisotopic (exact) mass is 353 g/mol. The van der Waals surface area contributed by atoms with E-state index in [9.17, 15) is 9.59 Å². The molecule has 3 amide bonds. The van der Waals surface area contributed by atoms with Crippen molar-refractivity contribution in [3.8, 4) is 5.75 Å². The molecule has 0 saturated carbocycles. The lowest BCUT2D eigenvalue weighted by molar-refractivity contribution is -0.128. The second kappa shape index (κ2) is 8.38. The highest BCUT2D eigenvalue weighted by Gasteiger charge is 2.30. The molecule has 0 spiro atoms. The van der Waals surface area contributed by atoms with Crippen LogP contribution in [0.15, 0.2) is 54.6 Å². The highest BCUT2D eigenvalue weighted by molar-refractivity contribution is 5.81. The van der Waals surface area contributed by atoms with E-state index >= 15 is 0 Å². The first-order chi connectivity index (χ1) is 12.7. The number of benzene rings is 2. The zero-order valence-corrected chi connectivity index (χ0v) is 14.8. The lowest BCUT2D eigenvalue weighted by atomic mass is 10.2. The Hall–Kier alpha value is -3.02. The highest BCUT2D eigenvalue weighted by Crippen LogP contribution is 2.17. The Bertz CT molecular complexity index is 764. The maximum absolute atomic E-state index is 12.2. The Kier molecular flexibility index (Phi) is 5.73. The van der Waals surface area contributed by atoms with E-state index in [2.05, 4.69) is 10.6 Å². The van der Waals surface area contributed by atoms with Gasteiger partial charge in [-0.05, 0) is 11.6 Å². The summed E-state index contributed by atoms with van der Waals surface area (Å²) in [4.78, 5) is 26.1. The van der Waals surface area contributed by atoms with Gasteiger partial charge in [-0.3, -0.25) is 4.79 Å². The first-order valence-electron chi connectivity index (χ1n) is 8.63. The molecule has 6 heteroatoms. The number of carbonyl (C=O) groups is 2. The predicted octanol–water partition coefficient (Wildman–Crippen LogP) is 2.30. The minimum atomic E-state index is -0.282. The van der Waals surface area contributed by atoms with Crippen LogP contribution >= 0.6 is 0 Å². The Morgan fingerprint density at radius 2 is 1.88 bits per heavy atom. The molecule has 0 radical (unpaired) electrons. The van der Waals surface area contributed by atoms with Crippen LogP contribution in [0.5, 0.6) is 5.75 Å². The standard InChI is InChI=1S/C20H23N3O3/c1-26-18-10-6-5-9-16(18)12-21-20(25)22-17-11-19(24)23(14-17)13-15-7-3-2-4-8-15/h2-10,17H,11-14H2,1H3,(H2,21,22,25). The van der Waals surface area contributed by atoms with Crippen molar-refractivity contribution in [2.45, 2.75) is 25.6 Å². The SMILES string of the molecule is COc1ccccc1CNC(=O)NC1CC(=O)N(Cc2ccccc2)C1. The summed E-state index contributed by atoms with van der Waals surface area (Å²) in [6.07, 6.45) is 0.328. The van der Waals surface area contributed by atoms with Crippen molar-refractivity contribution in [2.24, 2.45) is 0 Å². The number of amides is 3. The minimum Gasteiger partial charge on any atom is -0.496 e. The van der Waals surface area contributed by atoms with Gasteiger partial charge in [0.1, 0.15) is 5.75 Å². The Morgan fingerprint density at radius 3 is 2.65 bits per heavy atom. The number of likely N-dealkylation sites (tertiary alicyclic amines) is 1. The van der Waals surface area contributed by atoms with Crippen LogP contribution in [0, 0.1) is 0 Å². The number of rotatable bonds is 6. The minimum absolute atomic E-state index is 0.0591. The van der Waals surface area contributed by atoms with Crippen molar-refractivity contribution in [3.63, 3.8) is 0 Å². The second-order valence-electron chi connectivity index (χ2n) is 6.30. The van der Waals surface area contributed by atoms with Gasteiger partial charge in [-0.1, -0.05) is 48.5 Å². The number of nitrogens with zero attached hydrogens (tertiary/aromatic N) is 1. The third-order valence-corrected chi connectivity index (χ3v) is 4.40. The molecule has 1 aliphatic rings. The zero-order valence-electron chi connectivity index (χ0n) is 14.8. The van der Waals surface area contributed by atoms with Crippen LogP contribution in [-0.2, 0) is 17.9 Å². The normalized spacial score (nSPS) is 16.4. The van der Waals surface area contributed by atoms with E-state index in [-0.39, 0.29) is 18.0 Å². The van der Waals surface area contributed by atoms with Gasteiger partial charge >= 0.3 is 6.03 Å². The maximum atomic E-state index is 12.2. The van der Waals surface area contributed by atoms with Gasteiger partial charge in [0.25, 0.3) is 0 Å². The number of carbonyl (C=O) groups excluding carboxylic acids is 2. The maximum Gasteiger partial charge on any atom is 0.315 e. The third-order valence-electron chi connectivity index (χ3n) is 4.40. The van der Waals surface area contributed by atoms with Crippen molar-refractivity contribution in [1.29, 1.82) is 0 Å². The smallest absolute Gasteiger partial charge is 0.315 e. The van der Waals surface area contributed by atoms with Gasteiger partial charge in [-0.25, -0.2) is 4.79 Å². The van der Waals surface area contributed by atoms with Crippen LogP contribution < -0.4 is 15.4 Å². The van der Waals surface area contributed by atoms with Gasteiger partial charge in [0.15, 0.2) is 0 Å². The van der Waals surface area contributed by atoms with Crippen molar-refractivity contribution in [3.05, 3.63) is 65.7 Å². The number of hydrogen-bond acceptors (Lipinski definition) is 3. The van der Waals surface area contributed by atoms with E-state index < -0.39 is 0 Å². The van der Waals surface area contributed by atoms with Crippen molar-refractivity contribution in [1.82, 2.24) is 15.5 Å². The second-order valence-corrected chi connectivity index (χ2v) is 6.30. The molecule has 0 bridgehead atoms. The summed E-state index contributed by atoms with van der Waals surface area (Å²) < 4.78 is 5.27. The average molecular weight is 353 g/mol. The molecule has 26 heavy (non-hydrogen) atoms. The molecule has 2 N–H and O–H groups in total. The first-order valence-corrected chi connectivity index (χ1v) is 8.63. The molecule has 1 fully saturated rings. The molecular formula is C20H23N3O3. The van der Waals surface area contributed by atoms with Crippen LogP contribution in [0.2, 0.25) is 0 Å². The summed E-state index contributed by atoms with van der Waals surface area (Å²) in [6, 6.07) is 16.9. The fraction of sp³-hybridized carbons (Fsp3) is 0.300. The van der Waals surface area contributed by atoms with Crippen molar-refractivity contribution >= 4 is 11.9 Å². The number of para-hydroxylation sites is 1. The summed E-state index contributed by atoms with van der Waals surface area (Å²) in [6.45, 7) is 1.46. The molecule has 1 heterocycles. The molecule has 0 aliphatic carbocycles. The zero-order chi connectivity index (χ0) is 18.4. The van der Waals surface area contributed by atoms with Gasteiger partial charge < -0.3 is 20.3 Å². The molecule has 1 unspecified atom stereocenters. The van der Waals surface area contributed by atoms with Crippen molar-refractivity contribution in [2.75, 3.05) is 13.7 Å². The number of methoxy groups -OCH3 is 1. The molecular weight excluding hydrogens is 330 g/mol. The van der Waals surface area contributed by atoms with E-state index in [0.29, 0.717) is 26.1 Å². The highest BCUT2D eigenvalue weighted by atomic mass is 16.5. The molecule has 3 rings (SSSR count). The van der Waals surface area contributed by atoms with Gasteiger partial charge in [-0.15, -0.1) is 0 Å². The number of urea groups is 1. The topological polar surface area (TPSA) is 70.7 Å². The van der Waals surface area contributed by atoms with E-state index in [1.807, 2.05) is 54.6 Å². The quantitative estimate of drug-likeness (QED) is 0.837. The molecule has 1 aliphatic heterocycles. The van der Waals surface area contributed by atoms with E-state index in [4.69, 9.17) is 4.74 Å². The Labute approximate surface area is 153 Å². The summed E-state index contributed by atoms with van der Waals surface area (Å²) in [5, 5.41) is 5.70. The van der Waals surface area contributed by atoms with E-state index in [1.165, 1.54) is 0 Å². The summed E-state index contributed by atoms with van der Waals surface area (Å²) in [5.41, 5.74) is 1.99. The molecule has 2 aromatic rings. The summed E-state index contributed by atoms with van der Waals surface area (Å²) in [5.74, 6) is 0.793. The molecule has 136 valence electrons. The molecule has 1 saturated heterocycles. The first kappa shape index (κ1) is 17.8. The predicted molar refractivity (Wildman–Crippen MR) is 98.6 cm³/mol. The van der Waals surface area contributed by atoms with Gasteiger partial charge in [0.05, 0.1) is 13.2 Å². The molecule has 6 nitrogen and oxygen atoms in total. The van der Waals surface area contributed by atoms with Crippen LogP contribution in [0.25, 0.3) is 0 Å². The molecule has 0 aromatic heterocycles. The largest absolute Gasteiger partial charge is 0.496 e. The Balaban J connectivity index is 1.48. The fourth-order valence-corrected chi connectivity index (χ4v) is 3.09. The number of nitrogens with one attached hydrogen (secondary N) is 2. The third kappa shape index (κ3) is 4.53. The van der Waals surface area contributed by atoms with Gasteiger partial charge in [0, 0.05) is 31.6 Å². The molecule has 1 atom stereocenters. The van der Waals surface area contributed by atoms with E-state index in [1.54, 1.807) is 12.0 Å². The summed E-state index contributed by atoms with van der Waals surface area (Å²) >= 11 is 0. The lowest BCUT2D eigenvalue weighted by Gasteiger charge is -2.17. The van der Waals surface area contributed by atoms with E-state index in [0.717, 1.165) is 16.9 Å². The molecule has 2 aromatic carbocycles. The van der Waals surface area contributed by atoms with Crippen LogP contribution in [-0.4, -0.2) is 36.5 Å². The summed E-state index contributed by atoms with van der Waals surface area (Å²) in [7, 11) is 1.60. The van der Waals surface area contributed by atoms with Crippen LogP contribution in [0.3, 0.4) is 0 Å². The average Bonchev–Trinajstić information content (AvgIpc) is 3.00. The lowest BCUT2D eigenvalue weighted by Crippen LogP contribution is -2.43. The van der Waals surface area contributed by atoms with Crippen LogP contribution in [0.4, 0.5) is 4.79 Å².